The van der Waals surface area contributed by atoms with Gasteiger partial charge in [-0.3, -0.25) is 0 Å². The summed E-state index contributed by atoms with van der Waals surface area (Å²) in [6, 6.07) is 21.2. The summed E-state index contributed by atoms with van der Waals surface area (Å²) in [4.78, 5) is 0. The van der Waals surface area contributed by atoms with Gasteiger partial charge in [0.1, 0.15) is 10.5 Å². The van der Waals surface area contributed by atoms with Gasteiger partial charge in [0.05, 0.1) is 0 Å². The highest BCUT2D eigenvalue weighted by Gasteiger charge is 2.07. The minimum Gasteiger partial charge on any atom is -0.425 e. The minimum absolute atomic E-state index is 0.360. The van der Waals surface area contributed by atoms with Gasteiger partial charge in [-0.1, -0.05) is 60.7 Å². The third-order valence-electron chi connectivity index (χ3n) is 3.24. The molecule has 0 saturated carbocycles. The number of hydrogen-bond donors (Lipinski definition) is 0. The molecule has 1 unspecified atom stereocenters. The van der Waals surface area contributed by atoms with Crippen LogP contribution < -0.4 is 0 Å². The zero-order valence-electron chi connectivity index (χ0n) is 10.9. The Hall–Kier alpha value is -1.38. The van der Waals surface area contributed by atoms with Crippen molar-refractivity contribution in [2.75, 3.05) is 0 Å². The normalized spacial score (nSPS) is 12.4. The van der Waals surface area contributed by atoms with Crippen LogP contribution in [0.5, 0.6) is 0 Å². The van der Waals surface area contributed by atoms with Crippen molar-refractivity contribution >= 4 is 10.5 Å². The van der Waals surface area contributed by atoms with E-state index in [0.29, 0.717) is 6.10 Å². The minimum atomic E-state index is 0.360. The Balaban J connectivity index is 1.86. The SMILES string of the molecule is [SiH3]OC(CCc1ccccc1)Cc1ccccc1. The molecule has 0 aliphatic heterocycles. The predicted octanol–water partition coefficient (Wildman–Crippen LogP) is 2.53. The molecule has 2 aromatic carbocycles. The van der Waals surface area contributed by atoms with E-state index in [2.05, 4.69) is 60.7 Å². The molecule has 0 saturated heterocycles. The van der Waals surface area contributed by atoms with E-state index in [1.807, 2.05) is 0 Å². The Morgan fingerprint density at radius 2 is 1.39 bits per heavy atom. The molecule has 0 aliphatic rings. The Morgan fingerprint density at radius 1 is 0.833 bits per heavy atom. The summed E-state index contributed by atoms with van der Waals surface area (Å²) in [5.74, 6) is 0. The highest BCUT2D eigenvalue weighted by Crippen LogP contribution is 2.12. The lowest BCUT2D eigenvalue weighted by molar-refractivity contribution is 0.210. The van der Waals surface area contributed by atoms with Crippen LogP contribution >= 0.6 is 0 Å². The van der Waals surface area contributed by atoms with Crippen molar-refractivity contribution in [1.29, 1.82) is 0 Å². The molecule has 1 nitrogen and oxygen atoms in total. The average molecular weight is 256 g/mol. The van der Waals surface area contributed by atoms with Gasteiger partial charge in [-0.2, -0.15) is 0 Å². The first-order valence-electron chi connectivity index (χ1n) is 6.49. The fourth-order valence-electron chi connectivity index (χ4n) is 2.15. The van der Waals surface area contributed by atoms with Crippen molar-refractivity contribution < 1.29 is 4.43 Å². The highest BCUT2D eigenvalue weighted by molar-refractivity contribution is 5.98. The summed E-state index contributed by atoms with van der Waals surface area (Å²) in [5, 5.41) is 0. The molecule has 0 amide bonds. The lowest BCUT2D eigenvalue weighted by Gasteiger charge is -2.16. The van der Waals surface area contributed by atoms with Gasteiger partial charge in [0.2, 0.25) is 0 Å². The second-order valence-corrected chi connectivity index (χ2v) is 5.04. The van der Waals surface area contributed by atoms with Crippen molar-refractivity contribution in [2.24, 2.45) is 0 Å². The van der Waals surface area contributed by atoms with E-state index < -0.39 is 0 Å². The van der Waals surface area contributed by atoms with E-state index in [9.17, 15) is 0 Å². The molecule has 18 heavy (non-hydrogen) atoms. The molecule has 2 aromatic rings. The standard InChI is InChI=1S/C16H20OSi/c18-17-16(13-15-9-5-2-6-10-15)12-11-14-7-3-1-4-8-14/h1-10,16H,11-13H2,18H3. The number of rotatable bonds is 6. The molecule has 0 aromatic heterocycles. The van der Waals surface area contributed by atoms with E-state index in [0.717, 1.165) is 29.7 Å². The molecule has 0 heterocycles. The van der Waals surface area contributed by atoms with Crippen LogP contribution in [0.1, 0.15) is 17.5 Å². The maximum atomic E-state index is 5.71. The predicted molar refractivity (Wildman–Crippen MR) is 79.7 cm³/mol. The van der Waals surface area contributed by atoms with Gasteiger partial charge >= 0.3 is 0 Å². The molecule has 0 radical (unpaired) electrons. The number of benzene rings is 2. The molecule has 94 valence electrons. The first kappa shape index (κ1) is 13.1. The molecular formula is C16H20OSi. The summed E-state index contributed by atoms with van der Waals surface area (Å²) < 4.78 is 5.71. The Morgan fingerprint density at radius 3 is 1.94 bits per heavy atom. The molecular weight excluding hydrogens is 236 g/mol. The zero-order valence-corrected chi connectivity index (χ0v) is 12.9. The Labute approximate surface area is 112 Å². The van der Waals surface area contributed by atoms with E-state index in [-0.39, 0.29) is 0 Å². The van der Waals surface area contributed by atoms with Crippen LogP contribution in [-0.4, -0.2) is 16.6 Å². The van der Waals surface area contributed by atoms with Crippen molar-refractivity contribution in [2.45, 2.75) is 25.4 Å². The van der Waals surface area contributed by atoms with Crippen LogP contribution in [0.25, 0.3) is 0 Å². The fourth-order valence-corrected chi connectivity index (χ4v) is 2.55. The van der Waals surface area contributed by atoms with Crippen LogP contribution in [0, 0.1) is 0 Å². The lowest BCUT2D eigenvalue weighted by Crippen LogP contribution is -2.15. The summed E-state index contributed by atoms with van der Waals surface area (Å²) in [7, 11) is 0.810. The molecule has 0 spiro atoms. The van der Waals surface area contributed by atoms with E-state index in [4.69, 9.17) is 4.43 Å². The first-order chi connectivity index (χ1) is 8.88. The third-order valence-corrected chi connectivity index (χ3v) is 3.90. The van der Waals surface area contributed by atoms with E-state index in [1.165, 1.54) is 11.1 Å². The van der Waals surface area contributed by atoms with Crippen LogP contribution in [0.4, 0.5) is 0 Å². The molecule has 2 rings (SSSR count). The molecule has 1 atom stereocenters. The molecule has 2 heteroatoms. The molecule has 0 bridgehead atoms. The maximum absolute atomic E-state index is 5.71. The first-order valence-corrected chi connectivity index (χ1v) is 7.31. The summed E-state index contributed by atoms with van der Waals surface area (Å²) in [6.45, 7) is 0. The second-order valence-electron chi connectivity index (χ2n) is 4.57. The van der Waals surface area contributed by atoms with Crippen LogP contribution in [-0.2, 0) is 17.3 Å². The van der Waals surface area contributed by atoms with Gasteiger partial charge in [-0.05, 0) is 30.4 Å². The topological polar surface area (TPSA) is 9.23 Å². The van der Waals surface area contributed by atoms with Gasteiger partial charge in [0.25, 0.3) is 0 Å². The molecule has 0 aliphatic carbocycles. The monoisotopic (exact) mass is 256 g/mol. The largest absolute Gasteiger partial charge is 0.425 e. The van der Waals surface area contributed by atoms with Crippen molar-refractivity contribution in [1.82, 2.24) is 0 Å². The molecule has 0 fully saturated rings. The highest BCUT2D eigenvalue weighted by atomic mass is 28.2. The Kier molecular flexibility index (Phi) is 5.18. The number of aryl methyl sites for hydroxylation is 1. The number of hydrogen-bond acceptors (Lipinski definition) is 1. The average Bonchev–Trinajstić information content (AvgIpc) is 2.45. The fraction of sp³-hybridized carbons (Fsp3) is 0.250. The Bertz CT molecular complexity index is 441. The summed E-state index contributed by atoms with van der Waals surface area (Å²) in [5.41, 5.74) is 2.76. The van der Waals surface area contributed by atoms with Crippen molar-refractivity contribution in [3.63, 3.8) is 0 Å². The maximum Gasteiger partial charge on any atom is 0.146 e. The third kappa shape index (κ3) is 4.13. The van der Waals surface area contributed by atoms with Crippen molar-refractivity contribution in [3.05, 3.63) is 71.8 Å². The van der Waals surface area contributed by atoms with Crippen molar-refractivity contribution in [3.8, 4) is 0 Å². The summed E-state index contributed by atoms with van der Waals surface area (Å²) >= 11 is 0. The van der Waals surface area contributed by atoms with E-state index in [1.54, 1.807) is 0 Å². The van der Waals surface area contributed by atoms with Gasteiger partial charge in [0.15, 0.2) is 0 Å². The van der Waals surface area contributed by atoms with E-state index >= 15 is 0 Å². The van der Waals surface area contributed by atoms with Crippen LogP contribution in [0.3, 0.4) is 0 Å². The zero-order chi connectivity index (χ0) is 12.6. The van der Waals surface area contributed by atoms with Gasteiger partial charge in [-0.15, -0.1) is 0 Å². The van der Waals surface area contributed by atoms with Gasteiger partial charge in [-0.25, -0.2) is 0 Å². The summed E-state index contributed by atoms with van der Waals surface area (Å²) in [6.07, 6.45) is 3.58. The molecule has 0 N–H and O–H groups in total. The van der Waals surface area contributed by atoms with Gasteiger partial charge in [0, 0.05) is 6.10 Å². The quantitative estimate of drug-likeness (QED) is 0.722. The second kappa shape index (κ2) is 7.14. The van der Waals surface area contributed by atoms with Gasteiger partial charge < -0.3 is 4.43 Å². The lowest BCUT2D eigenvalue weighted by atomic mass is 10.0. The smallest absolute Gasteiger partial charge is 0.146 e. The van der Waals surface area contributed by atoms with Crippen LogP contribution in [0.15, 0.2) is 60.7 Å². The van der Waals surface area contributed by atoms with Crippen LogP contribution in [0.2, 0.25) is 0 Å².